The predicted octanol–water partition coefficient (Wildman–Crippen LogP) is 3.05. The molecule has 7 heteroatoms. The Bertz CT molecular complexity index is 774. The van der Waals surface area contributed by atoms with E-state index in [-0.39, 0.29) is 21.3 Å². The van der Waals surface area contributed by atoms with Gasteiger partial charge in [-0.05, 0) is 43.6 Å². The molecule has 0 saturated heterocycles. The third-order valence-electron chi connectivity index (χ3n) is 2.87. The van der Waals surface area contributed by atoms with Gasteiger partial charge in [0.1, 0.15) is 0 Å². The highest BCUT2D eigenvalue weighted by Crippen LogP contribution is 2.27. The molecular formula is C13H12ClNO3S2. The van der Waals surface area contributed by atoms with Crippen LogP contribution in [0.4, 0.5) is 0 Å². The van der Waals surface area contributed by atoms with Gasteiger partial charge in [0.2, 0.25) is 0 Å². The van der Waals surface area contributed by atoms with E-state index < -0.39 is 9.84 Å². The molecule has 0 fully saturated rings. The SMILES string of the molecule is Cc1nsc(C)c1C(=O)c1ccc(S(C)(=O)=O)cc1Cl. The third-order valence-corrected chi connectivity index (χ3v) is 5.14. The number of carbonyl (C=O) groups excluding carboxylic acids is 1. The summed E-state index contributed by atoms with van der Waals surface area (Å²) in [7, 11) is -3.34. The summed E-state index contributed by atoms with van der Waals surface area (Å²) >= 11 is 7.31. The molecule has 1 aromatic carbocycles. The van der Waals surface area contributed by atoms with Crippen LogP contribution >= 0.6 is 23.1 Å². The molecule has 0 bridgehead atoms. The smallest absolute Gasteiger partial charge is 0.197 e. The number of hydrogen-bond donors (Lipinski definition) is 0. The molecule has 20 heavy (non-hydrogen) atoms. The summed E-state index contributed by atoms with van der Waals surface area (Å²) in [5.74, 6) is -0.237. The number of carbonyl (C=O) groups is 1. The number of ketones is 1. The molecule has 1 heterocycles. The number of sulfone groups is 1. The van der Waals surface area contributed by atoms with Gasteiger partial charge in [0.15, 0.2) is 15.6 Å². The number of aryl methyl sites for hydroxylation is 2. The molecule has 106 valence electrons. The van der Waals surface area contributed by atoms with Crippen LogP contribution < -0.4 is 0 Å². The molecule has 0 N–H and O–H groups in total. The first-order valence-corrected chi connectivity index (χ1v) is 8.73. The largest absolute Gasteiger partial charge is 0.288 e. The van der Waals surface area contributed by atoms with Crippen LogP contribution in [-0.2, 0) is 9.84 Å². The molecule has 0 unspecified atom stereocenters. The van der Waals surface area contributed by atoms with Crippen LogP contribution in [0.3, 0.4) is 0 Å². The Morgan fingerprint density at radius 3 is 2.40 bits per heavy atom. The molecular weight excluding hydrogens is 318 g/mol. The summed E-state index contributed by atoms with van der Waals surface area (Å²) in [6.07, 6.45) is 1.09. The third kappa shape index (κ3) is 2.77. The summed E-state index contributed by atoms with van der Waals surface area (Å²) < 4.78 is 27.0. The molecule has 2 rings (SSSR count). The van der Waals surface area contributed by atoms with Crippen molar-refractivity contribution in [1.82, 2.24) is 4.37 Å². The Hall–Kier alpha value is -1.24. The zero-order chi connectivity index (χ0) is 15.1. The molecule has 4 nitrogen and oxygen atoms in total. The van der Waals surface area contributed by atoms with Gasteiger partial charge in [-0.3, -0.25) is 4.79 Å². The first-order chi connectivity index (χ1) is 9.21. The van der Waals surface area contributed by atoms with Crippen molar-refractivity contribution in [3.63, 3.8) is 0 Å². The first-order valence-electron chi connectivity index (χ1n) is 5.69. The Balaban J connectivity index is 2.52. The van der Waals surface area contributed by atoms with E-state index in [1.807, 2.05) is 6.92 Å². The lowest BCUT2D eigenvalue weighted by Gasteiger charge is -2.06. The van der Waals surface area contributed by atoms with Gasteiger partial charge in [-0.2, -0.15) is 4.37 Å². The molecule has 0 amide bonds. The van der Waals surface area contributed by atoms with Gasteiger partial charge in [-0.25, -0.2) is 8.42 Å². The summed E-state index contributed by atoms with van der Waals surface area (Å²) in [5.41, 5.74) is 1.47. The Kier molecular flexibility index (Phi) is 4.00. The van der Waals surface area contributed by atoms with Gasteiger partial charge in [-0.1, -0.05) is 11.6 Å². The van der Waals surface area contributed by atoms with Crippen LogP contribution in [0.5, 0.6) is 0 Å². The summed E-state index contributed by atoms with van der Waals surface area (Å²) in [6.45, 7) is 3.58. The van der Waals surface area contributed by atoms with Gasteiger partial charge < -0.3 is 0 Å². The number of rotatable bonds is 3. The maximum Gasteiger partial charge on any atom is 0.197 e. The van der Waals surface area contributed by atoms with Gasteiger partial charge in [-0.15, -0.1) is 0 Å². The lowest BCUT2D eigenvalue weighted by Crippen LogP contribution is -2.06. The number of nitrogens with zero attached hydrogens (tertiary/aromatic N) is 1. The number of aromatic nitrogens is 1. The van der Waals surface area contributed by atoms with Crippen LogP contribution in [0.2, 0.25) is 5.02 Å². The van der Waals surface area contributed by atoms with Crippen LogP contribution in [0, 0.1) is 13.8 Å². The van der Waals surface area contributed by atoms with E-state index in [0.29, 0.717) is 11.3 Å². The van der Waals surface area contributed by atoms with E-state index in [9.17, 15) is 13.2 Å². The fourth-order valence-corrected chi connectivity index (χ4v) is 3.53. The quantitative estimate of drug-likeness (QED) is 0.812. The van der Waals surface area contributed by atoms with Crippen molar-refractivity contribution >= 4 is 38.8 Å². The number of benzene rings is 1. The summed E-state index contributed by atoms with van der Waals surface area (Å²) in [6, 6.07) is 4.13. The van der Waals surface area contributed by atoms with Crippen molar-refractivity contribution in [2.75, 3.05) is 6.26 Å². The van der Waals surface area contributed by atoms with E-state index in [1.165, 1.54) is 29.7 Å². The second-order valence-electron chi connectivity index (χ2n) is 4.44. The number of halogens is 1. The van der Waals surface area contributed by atoms with Crippen molar-refractivity contribution < 1.29 is 13.2 Å². The summed E-state index contributed by atoms with van der Waals surface area (Å²) in [5, 5.41) is 0.128. The molecule has 0 saturated carbocycles. The fourth-order valence-electron chi connectivity index (χ4n) is 1.85. The fraction of sp³-hybridized carbons (Fsp3) is 0.231. The minimum absolute atomic E-state index is 0.0935. The maximum absolute atomic E-state index is 12.5. The Morgan fingerprint density at radius 2 is 1.95 bits per heavy atom. The molecule has 0 spiro atoms. The Morgan fingerprint density at radius 1 is 1.30 bits per heavy atom. The van der Waals surface area contributed by atoms with Crippen molar-refractivity contribution in [1.29, 1.82) is 0 Å². The van der Waals surface area contributed by atoms with E-state index in [4.69, 9.17) is 11.6 Å². The molecule has 0 aliphatic heterocycles. The van der Waals surface area contributed by atoms with Crippen molar-refractivity contribution in [3.05, 3.63) is 44.9 Å². The van der Waals surface area contributed by atoms with Crippen LogP contribution in [-0.4, -0.2) is 24.8 Å². The second kappa shape index (κ2) is 5.27. The van der Waals surface area contributed by atoms with Gasteiger partial charge in [0.25, 0.3) is 0 Å². The van der Waals surface area contributed by atoms with Gasteiger partial charge in [0, 0.05) is 16.7 Å². The standard InChI is InChI=1S/C13H12ClNO3S2/c1-7-12(8(2)19-15-7)13(16)10-5-4-9(6-11(10)14)20(3,17)18/h4-6H,1-3H3. The lowest BCUT2D eigenvalue weighted by molar-refractivity contribution is 0.103. The normalized spacial score (nSPS) is 11.6. The molecule has 0 radical (unpaired) electrons. The van der Waals surface area contributed by atoms with Crippen molar-refractivity contribution in [2.45, 2.75) is 18.7 Å². The minimum atomic E-state index is -3.34. The zero-order valence-electron chi connectivity index (χ0n) is 11.1. The lowest BCUT2D eigenvalue weighted by atomic mass is 10.0. The monoisotopic (exact) mass is 329 g/mol. The van der Waals surface area contributed by atoms with Crippen molar-refractivity contribution in [3.8, 4) is 0 Å². The zero-order valence-corrected chi connectivity index (χ0v) is 13.5. The highest BCUT2D eigenvalue weighted by molar-refractivity contribution is 7.90. The maximum atomic E-state index is 12.5. The van der Waals surface area contributed by atoms with E-state index in [0.717, 1.165) is 11.1 Å². The number of hydrogen-bond acceptors (Lipinski definition) is 5. The Labute approximate surface area is 126 Å². The minimum Gasteiger partial charge on any atom is -0.288 e. The molecule has 0 atom stereocenters. The van der Waals surface area contributed by atoms with Crippen molar-refractivity contribution in [2.24, 2.45) is 0 Å². The average molecular weight is 330 g/mol. The molecule has 0 aliphatic rings. The van der Waals surface area contributed by atoms with Gasteiger partial charge in [0.05, 0.1) is 21.2 Å². The average Bonchev–Trinajstić information content (AvgIpc) is 2.67. The highest BCUT2D eigenvalue weighted by Gasteiger charge is 2.21. The second-order valence-corrected chi connectivity index (χ2v) is 7.84. The van der Waals surface area contributed by atoms with Crippen LogP contribution in [0.25, 0.3) is 0 Å². The predicted molar refractivity (Wildman–Crippen MR) is 79.6 cm³/mol. The topological polar surface area (TPSA) is 64.1 Å². The first kappa shape index (κ1) is 15.2. The van der Waals surface area contributed by atoms with E-state index in [1.54, 1.807) is 6.92 Å². The molecule has 0 aliphatic carbocycles. The van der Waals surface area contributed by atoms with Crippen LogP contribution in [0.1, 0.15) is 26.5 Å². The van der Waals surface area contributed by atoms with E-state index in [2.05, 4.69) is 4.37 Å². The molecule has 2 aromatic rings. The van der Waals surface area contributed by atoms with Gasteiger partial charge >= 0.3 is 0 Å². The van der Waals surface area contributed by atoms with E-state index >= 15 is 0 Å². The highest BCUT2D eigenvalue weighted by atomic mass is 35.5. The van der Waals surface area contributed by atoms with Crippen LogP contribution in [0.15, 0.2) is 23.1 Å². The molecule has 1 aromatic heterocycles. The summed E-state index contributed by atoms with van der Waals surface area (Å²) in [4.78, 5) is 13.4.